The van der Waals surface area contributed by atoms with Crippen molar-refractivity contribution in [2.75, 3.05) is 13.1 Å². The van der Waals surface area contributed by atoms with Crippen LogP contribution in [0.5, 0.6) is 0 Å². The summed E-state index contributed by atoms with van der Waals surface area (Å²) in [7, 11) is 0. The first-order valence-corrected chi connectivity index (χ1v) is 9.59. The number of unbranched alkanes of at least 4 members (excludes halogenated alkanes) is 3. The molecule has 0 aliphatic rings. The van der Waals surface area contributed by atoms with Gasteiger partial charge in [0.25, 0.3) is 0 Å². The number of nitrogens with two attached hydrogens (primary N) is 2. The first-order valence-electron chi connectivity index (χ1n) is 9.59. The number of primary amides is 1. The molecule has 1 rings (SSSR count). The van der Waals surface area contributed by atoms with Crippen molar-refractivity contribution >= 4 is 17.8 Å². The molecular weight excluding hydrogens is 358 g/mol. The lowest BCUT2D eigenvalue weighted by atomic mass is 10.2. The predicted molar refractivity (Wildman–Crippen MR) is 110 cm³/mol. The van der Waals surface area contributed by atoms with Crippen molar-refractivity contribution in [2.45, 2.75) is 51.5 Å². The molecule has 6 N–H and O–H groups in total. The molecule has 0 aliphatic carbocycles. The minimum atomic E-state index is -0.832. The van der Waals surface area contributed by atoms with E-state index in [1.54, 1.807) is 0 Å². The number of benzene rings is 1. The van der Waals surface area contributed by atoms with Crippen LogP contribution < -0.4 is 22.1 Å². The normalized spacial score (nSPS) is 12.7. The summed E-state index contributed by atoms with van der Waals surface area (Å²) in [5.41, 5.74) is 12.2. The zero-order valence-electron chi connectivity index (χ0n) is 16.4. The highest BCUT2D eigenvalue weighted by Crippen LogP contribution is 2.00. The Balaban J connectivity index is 2.47. The Morgan fingerprint density at radius 1 is 1.11 bits per heavy atom. The monoisotopic (exact) mass is 389 g/mol. The Morgan fingerprint density at radius 2 is 1.86 bits per heavy atom. The SMILES string of the molecule is CCCCCCNC(=O)N[C@H](CC(N)=O)C(N)=NN=NCCc1ccccc1. The number of amidine groups is 1. The maximum Gasteiger partial charge on any atom is 0.315 e. The van der Waals surface area contributed by atoms with Gasteiger partial charge in [0.15, 0.2) is 0 Å². The highest BCUT2D eigenvalue weighted by molar-refractivity contribution is 5.93. The van der Waals surface area contributed by atoms with Gasteiger partial charge in [0.05, 0.1) is 19.0 Å². The smallest absolute Gasteiger partial charge is 0.315 e. The second-order valence-corrected chi connectivity index (χ2v) is 6.40. The van der Waals surface area contributed by atoms with Gasteiger partial charge in [-0.2, -0.15) is 5.11 Å². The number of urea groups is 1. The van der Waals surface area contributed by atoms with Crippen molar-refractivity contribution < 1.29 is 9.59 Å². The second-order valence-electron chi connectivity index (χ2n) is 6.40. The maximum absolute atomic E-state index is 12.0. The van der Waals surface area contributed by atoms with E-state index in [2.05, 4.69) is 33.0 Å². The van der Waals surface area contributed by atoms with Crippen LogP contribution in [0.3, 0.4) is 0 Å². The lowest BCUT2D eigenvalue weighted by Crippen LogP contribution is -2.50. The van der Waals surface area contributed by atoms with E-state index in [4.69, 9.17) is 11.5 Å². The number of carbonyl (C=O) groups is 2. The summed E-state index contributed by atoms with van der Waals surface area (Å²) in [5, 5.41) is 16.7. The van der Waals surface area contributed by atoms with E-state index in [0.29, 0.717) is 13.1 Å². The number of nitrogens with one attached hydrogen (secondary N) is 2. The average Bonchev–Trinajstić information content (AvgIpc) is 2.67. The zero-order chi connectivity index (χ0) is 20.6. The summed E-state index contributed by atoms with van der Waals surface area (Å²) in [4.78, 5) is 23.2. The number of carbonyl (C=O) groups excluding carboxylic acids is 2. The van der Waals surface area contributed by atoms with Gasteiger partial charge >= 0.3 is 6.03 Å². The summed E-state index contributed by atoms with van der Waals surface area (Å²) >= 11 is 0. The molecule has 3 amide bonds. The van der Waals surface area contributed by atoms with E-state index in [0.717, 1.165) is 37.7 Å². The van der Waals surface area contributed by atoms with Crippen LogP contribution in [0.1, 0.15) is 44.6 Å². The van der Waals surface area contributed by atoms with E-state index in [1.165, 1.54) is 0 Å². The van der Waals surface area contributed by atoms with Gasteiger partial charge in [-0.15, -0.1) is 5.10 Å². The molecule has 9 nitrogen and oxygen atoms in total. The van der Waals surface area contributed by atoms with Crippen LogP contribution in [0, 0.1) is 0 Å². The molecular formula is C19H31N7O2. The predicted octanol–water partition coefficient (Wildman–Crippen LogP) is 2.08. The number of hydrogen-bond donors (Lipinski definition) is 4. The van der Waals surface area contributed by atoms with Crippen LogP contribution in [-0.4, -0.2) is 36.9 Å². The molecule has 0 unspecified atom stereocenters. The van der Waals surface area contributed by atoms with Crippen molar-refractivity contribution in [2.24, 2.45) is 26.9 Å². The Hall–Kier alpha value is -2.97. The van der Waals surface area contributed by atoms with Crippen LogP contribution in [0.2, 0.25) is 0 Å². The second kappa shape index (κ2) is 14.1. The molecule has 0 saturated heterocycles. The Morgan fingerprint density at radius 3 is 2.54 bits per heavy atom. The summed E-state index contributed by atoms with van der Waals surface area (Å²) in [6.45, 7) is 3.12. The van der Waals surface area contributed by atoms with E-state index >= 15 is 0 Å². The van der Waals surface area contributed by atoms with Gasteiger partial charge in [0, 0.05) is 6.54 Å². The van der Waals surface area contributed by atoms with Crippen LogP contribution in [0.15, 0.2) is 45.8 Å². The topological polar surface area (TPSA) is 147 Å². The van der Waals surface area contributed by atoms with E-state index < -0.39 is 18.0 Å². The lowest BCUT2D eigenvalue weighted by Gasteiger charge is -2.16. The average molecular weight is 390 g/mol. The maximum atomic E-state index is 12.0. The van der Waals surface area contributed by atoms with Crippen LogP contribution in [-0.2, 0) is 11.2 Å². The summed E-state index contributed by atoms with van der Waals surface area (Å²) in [5.74, 6) is -0.629. The minimum absolute atomic E-state index is 0.0246. The molecule has 1 aromatic carbocycles. The van der Waals surface area contributed by atoms with E-state index in [-0.39, 0.29) is 12.3 Å². The summed E-state index contributed by atoms with van der Waals surface area (Å²) < 4.78 is 0. The van der Waals surface area contributed by atoms with Gasteiger partial charge in [0.2, 0.25) is 5.91 Å². The molecule has 0 fully saturated rings. The fraction of sp³-hybridized carbons (Fsp3) is 0.526. The number of nitrogens with zero attached hydrogens (tertiary/aromatic N) is 3. The molecule has 9 heteroatoms. The molecule has 0 radical (unpaired) electrons. The first-order chi connectivity index (χ1) is 13.5. The Labute approximate surface area is 166 Å². The molecule has 1 aromatic rings. The fourth-order valence-electron chi connectivity index (χ4n) is 2.42. The van der Waals surface area contributed by atoms with Crippen molar-refractivity contribution in [1.82, 2.24) is 10.6 Å². The Kier molecular flexibility index (Phi) is 11.6. The van der Waals surface area contributed by atoms with Gasteiger partial charge in [0.1, 0.15) is 5.84 Å². The van der Waals surface area contributed by atoms with Crippen molar-refractivity contribution in [1.29, 1.82) is 0 Å². The lowest BCUT2D eigenvalue weighted by molar-refractivity contribution is -0.118. The third-order valence-corrected chi connectivity index (χ3v) is 3.95. The zero-order valence-corrected chi connectivity index (χ0v) is 16.4. The highest BCUT2D eigenvalue weighted by atomic mass is 16.2. The number of amides is 3. The van der Waals surface area contributed by atoms with Crippen molar-refractivity contribution in [3.05, 3.63) is 35.9 Å². The van der Waals surface area contributed by atoms with Crippen LogP contribution in [0.4, 0.5) is 4.79 Å². The first kappa shape index (κ1) is 23.1. The highest BCUT2D eigenvalue weighted by Gasteiger charge is 2.19. The molecule has 0 aliphatic heterocycles. The fourth-order valence-corrected chi connectivity index (χ4v) is 2.42. The van der Waals surface area contributed by atoms with Crippen LogP contribution in [0.25, 0.3) is 0 Å². The molecule has 154 valence electrons. The molecule has 0 saturated carbocycles. The molecule has 0 aromatic heterocycles. The Bertz CT molecular complexity index is 647. The largest absolute Gasteiger partial charge is 0.384 e. The van der Waals surface area contributed by atoms with Gasteiger partial charge in [-0.1, -0.05) is 56.5 Å². The molecule has 1 atom stereocenters. The molecule has 0 heterocycles. The third-order valence-electron chi connectivity index (χ3n) is 3.95. The number of rotatable bonds is 13. The number of hydrogen-bond acceptors (Lipinski definition) is 4. The molecule has 0 bridgehead atoms. The van der Waals surface area contributed by atoms with Gasteiger partial charge in [-0.25, -0.2) is 4.79 Å². The summed E-state index contributed by atoms with van der Waals surface area (Å²) in [6, 6.07) is 8.60. The van der Waals surface area contributed by atoms with Crippen molar-refractivity contribution in [3.63, 3.8) is 0 Å². The van der Waals surface area contributed by atoms with Gasteiger partial charge < -0.3 is 22.1 Å². The van der Waals surface area contributed by atoms with Gasteiger partial charge in [-0.05, 0) is 23.6 Å². The summed E-state index contributed by atoms with van der Waals surface area (Å²) in [6.07, 6.45) is 4.75. The minimum Gasteiger partial charge on any atom is -0.384 e. The molecule has 0 spiro atoms. The third kappa shape index (κ3) is 10.9. The quantitative estimate of drug-likeness (QED) is 0.135. The molecule has 28 heavy (non-hydrogen) atoms. The van der Waals surface area contributed by atoms with Crippen molar-refractivity contribution in [3.8, 4) is 0 Å². The standard InChI is InChI=1S/C19H31N7O2/c1-2-3-4-8-12-22-19(28)24-16(14-17(20)27)18(21)25-26-23-13-11-15-9-6-5-7-10-15/h5-7,9-10,16H,2-4,8,11-14H2,1H3,(H2,20,27)(H2,21,23,25)(H2,22,24,28)/t16-/m1/s1. The van der Waals surface area contributed by atoms with Gasteiger partial charge in [-0.3, -0.25) is 4.79 Å². The van der Waals surface area contributed by atoms with E-state index in [1.807, 2.05) is 30.3 Å². The van der Waals surface area contributed by atoms with Crippen LogP contribution >= 0.6 is 0 Å². The van der Waals surface area contributed by atoms with E-state index in [9.17, 15) is 9.59 Å².